The number of carboxylic acids is 2. The molecule has 246 valence electrons. The Morgan fingerprint density at radius 2 is 1.87 bits per heavy atom. The van der Waals surface area contributed by atoms with E-state index in [0.717, 1.165) is 12.3 Å². The summed E-state index contributed by atoms with van der Waals surface area (Å²) in [5, 5.41) is 32.2. The average Bonchev–Trinajstić information content (AvgIpc) is 3.67. The summed E-state index contributed by atoms with van der Waals surface area (Å²) in [7, 11) is 0. The summed E-state index contributed by atoms with van der Waals surface area (Å²) < 4.78 is 33.3. The van der Waals surface area contributed by atoms with E-state index in [1.807, 2.05) is 6.92 Å². The van der Waals surface area contributed by atoms with E-state index in [1.165, 1.54) is 39.9 Å². The summed E-state index contributed by atoms with van der Waals surface area (Å²) in [5.74, 6) is -4.62. The number of carboxylic acid groups (broad SMARTS) is 2. The summed E-state index contributed by atoms with van der Waals surface area (Å²) in [6.07, 6.45) is 2.23. The number of nitrogens with zero attached hydrogens (tertiary/aromatic N) is 3. The highest BCUT2D eigenvalue weighted by atomic mass is 32.2. The fourth-order valence-corrected chi connectivity index (χ4v) is 9.27. The number of aromatic nitrogens is 1. The van der Waals surface area contributed by atoms with Gasteiger partial charge in [-0.05, 0) is 32.3 Å². The molecule has 0 bridgehead atoms. The van der Waals surface area contributed by atoms with E-state index < -0.39 is 46.6 Å². The molecule has 1 amide bonds. The van der Waals surface area contributed by atoms with Gasteiger partial charge in [0.05, 0.1) is 29.0 Å². The van der Waals surface area contributed by atoms with Crippen LogP contribution in [-0.2, 0) is 9.59 Å². The van der Waals surface area contributed by atoms with Crippen LogP contribution >= 0.6 is 35.7 Å². The van der Waals surface area contributed by atoms with Gasteiger partial charge in [-0.2, -0.15) is 0 Å². The second-order valence-corrected chi connectivity index (χ2v) is 15.0. The first-order valence-electron chi connectivity index (χ1n) is 14.9. The van der Waals surface area contributed by atoms with Crippen molar-refractivity contribution in [1.29, 1.82) is 0 Å². The van der Waals surface area contributed by atoms with Gasteiger partial charge in [0.15, 0.2) is 5.82 Å². The van der Waals surface area contributed by atoms with Crippen LogP contribution in [0, 0.1) is 23.5 Å². The number of aliphatic carboxylic acids is 1. The van der Waals surface area contributed by atoms with Crippen LogP contribution in [0.5, 0.6) is 0 Å². The number of halogens is 2. The van der Waals surface area contributed by atoms with Gasteiger partial charge in [-0.3, -0.25) is 9.59 Å². The van der Waals surface area contributed by atoms with Crippen molar-refractivity contribution in [1.82, 2.24) is 14.8 Å². The monoisotopic (exact) mass is 694 g/mol. The molecule has 1 unspecified atom stereocenters. The van der Waals surface area contributed by atoms with E-state index >= 15 is 8.78 Å². The highest BCUT2D eigenvalue weighted by Crippen LogP contribution is 2.50. The van der Waals surface area contributed by atoms with Crippen LogP contribution in [0.15, 0.2) is 27.7 Å². The van der Waals surface area contributed by atoms with Crippen LogP contribution in [0.2, 0.25) is 0 Å². The molecule has 3 fully saturated rings. The SMILES string of the molecule is C[C@@H]1C(SCCSC(=S)NC2CCN(c3c(F)cc4c(=O)c(C(=O)O)cn(C5CC5)c4c3F)C2)=C(C(=O)O)N2C(=O)[C@@H]([C@@H](C)O)[C@H]12. The molecule has 3 aliphatic heterocycles. The van der Waals surface area contributed by atoms with E-state index in [9.17, 15) is 34.5 Å². The van der Waals surface area contributed by atoms with Crippen molar-refractivity contribution in [3.8, 4) is 0 Å². The topological polar surface area (TPSA) is 152 Å². The molecule has 0 spiro atoms. The predicted octanol–water partition coefficient (Wildman–Crippen LogP) is 3.39. The molecule has 4 heterocycles. The minimum atomic E-state index is -1.45. The molecule has 4 aliphatic rings. The molecular weight excluding hydrogens is 663 g/mol. The van der Waals surface area contributed by atoms with Gasteiger partial charge in [0.25, 0.3) is 0 Å². The molecule has 2 aromatic rings. The highest BCUT2D eigenvalue weighted by Gasteiger charge is 2.59. The first kappa shape index (κ1) is 32.7. The number of benzene rings is 1. The van der Waals surface area contributed by atoms with Crippen LogP contribution in [0.4, 0.5) is 14.5 Å². The summed E-state index contributed by atoms with van der Waals surface area (Å²) in [5.41, 5.74) is -1.83. The van der Waals surface area contributed by atoms with Gasteiger partial charge in [0.2, 0.25) is 11.3 Å². The van der Waals surface area contributed by atoms with Gasteiger partial charge < -0.3 is 35.0 Å². The molecule has 5 atom stereocenters. The Balaban J connectivity index is 1.08. The van der Waals surface area contributed by atoms with E-state index in [-0.39, 0.29) is 58.8 Å². The molecule has 4 N–H and O–H groups in total. The molecule has 16 heteroatoms. The van der Waals surface area contributed by atoms with E-state index in [4.69, 9.17) is 12.2 Å². The van der Waals surface area contributed by atoms with Crippen LogP contribution in [0.25, 0.3) is 10.9 Å². The molecule has 1 aromatic heterocycles. The Labute approximate surface area is 276 Å². The van der Waals surface area contributed by atoms with Crippen LogP contribution in [0.3, 0.4) is 0 Å². The van der Waals surface area contributed by atoms with Crippen LogP contribution < -0.4 is 15.6 Å². The number of anilines is 1. The number of thiocarbonyl (C=S) groups is 1. The molecule has 1 aliphatic carbocycles. The van der Waals surface area contributed by atoms with E-state index in [0.29, 0.717) is 46.5 Å². The van der Waals surface area contributed by atoms with E-state index in [2.05, 4.69) is 5.32 Å². The molecule has 1 aromatic carbocycles. The number of thioether (sulfide) groups is 2. The van der Waals surface area contributed by atoms with Crippen molar-refractivity contribution < 1.29 is 38.5 Å². The Bertz CT molecular complexity index is 1760. The van der Waals surface area contributed by atoms with Gasteiger partial charge >= 0.3 is 11.9 Å². The average molecular weight is 695 g/mol. The first-order chi connectivity index (χ1) is 21.8. The van der Waals surface area contributed by atoms with Crippen LogP contribution in [0.1, 0.15) is 49.5 Å². The zero-order valence-corrected chi connectivity index (χ0v) is 27.3. The number of amides is 1. The fraction of sp³-hybridized carbons (Fsp3) is 0.500. The van der Waals surface area contributed by atoms with Crippen LogP contribution in [-0.4, -0.2) is 89.7 Å². The summed E-state index contributed by atoms with van der Waals surface area (Å²) in [4.78, 5) is 52.4. The van der Waals surface area contributed by atoms with Crippen molar-refractivity contribution in [3.63, 3.8) is 0 Å². The lowest BCUT2D eigenvalue weighted by atomic mass is 9.79. The molecule has 1 saturated carbocycles. The number of hydrogen-bond acceptors (Lipinski definition) is 9. The van der Waals surface area contributed by atoms with Gasteiger partial charge in [-0.15, -0.1) is 11.8 Å². The number of carbonyl (C=O) groups excluding carboxylic acids is 1. The Morgan fingerprint density at radius 1 is 1.15 bits per heavy atom. The van der Waals surface area contributed by atoms with Gasteiger partial charge in [-0.25, -0.2) is 18.4 Å². The standard InChI is InChI=1S/C30H32F2N4O7S3/c1-12-21-19(13(2)37)27(39)36(21)24(29(42)43)26(12)45-7-8-46-30(44)33-14-5-6-34(10-14)23-18(31)9-16-22(20(23)32)35(15-3-4-15)11-17(25(16)38)28(40)41/h9,11-15,19,21,37H,3-8,10H2,1-2H3,(H,33,44)(H,40,41)(H,42,43)/t12-,13+,14?,19-,21-/m0/s1. The van der Waals surface area contributed by atoms with Crippen molar-refractivity contribution in [2.75, 3.05) is 29.5 Å². The first-order valence-corrected chi connectivity index (χ1v) is 17.3. The number of hydrogen-bond donors (Lipinski definition) is 4. The molecule has 6 rings (SSSR count). The number of nitrogens with one attached hydrogen (secondary N) is 1. The third-order valence-corrected chi connectivity index (χ3v) is 11.9. The van der Waals surface area contributed by atoms with Crippen molar-refractivity contribution in [3.05, 3.63) is 50.3 Å². The van der Waals surface area contributed by atoms with Gasteiger partial charge in [0.1, 0.15) is 27.1 Å². The van der Waals surface area contributed by atoms with E-state index in [1.54, 1.807) is 4.90 Å². The lowest BCUT2D eigenvalue weighted by Crippen LogP contribution is -2.63. The minimum absolute atomic E-state index is 0.0224. The fourth-order valence-electron chi connectivity index (χ4n) is 6.81. The maximum atomic E-state index is 16.0. The molecule has 46 heavy (non-hydrogen) atoms. The normalized spacial score (nSPS) is 24.8. The smallest absolute Gasteiger partial charge is 0.353 e. The number of aromatic carboxylic acids is 1. The lowest BCUT2D eigenvalue weighted by molar-refractivity contribution is -0.163. The zero-order chi connectivity index (χ0) is 33.2. The molecular formula is C30H32F2N4O7S3. The summed E-state index contributed by atoms with van der Waals surface area (Å²) in [6.45, 7) is 3.97. The predicted molar refractivity (Wildman–Crippen MR) is 174 cm³/mol. The quantitative estimate of drug-likeness (QED) is 0.164. The number of β-lactam (4-membered cyclic amide) rings is 1. The Morgan fingerprint density at radius 3 is 2.50 bits per heavy atom. The number of aliphatic hydroxyl groups excluding tert-OH is 1. The Hall–Kier alpha value is -3.21. The maximum absolute atomic E-state index is 16.0. The largest absolute Gasteiger partial charge is 0.477 e. The number of carbonyl (C=O) groups is 3. The number of pyridine rings is 1. The minimum Gasteiger partial charge on any atom is -0.477 e. The molecule has 0 radical (unpaired) electrons. The second kappa shape index (κ2) is 12.4. The summed E-state index contributed by atoms with van der Waals surface area (Å²) in [6, 6.07) is 0.196. The van der Waals surface area contributed by atoms with Crippen molar-refractivity contribution in [2.45, 2.75) is 57.3 Å². The third-order valence-electron chi connectivity index (χ3n) is 9.07. The second-order valence-electron chi connectivity index (χ2n) is 12.1. The third kappa shape index (κ3) is 5.56. The number of rotatable bonds is 10. The van der Waals surface area contributed by atoms with Gasteiger partial charge in [0, 0.05) is 53.7 Å². The van der Waals surface area contributed by atoms with Crippen molar-refractivity contribution in [2.24, 2.45) is 11.8 Å². The zero-order valence-electron chi connectivity index (χ0n) is 24.9. The number of aliphatic hydroxyl groups is 1. The highest BCUT2D eigenvalue weighted by molar-refractivity contribution is 8.23. The lowest BCUT2D eigenvalue weighted by Gasteiger charge is -2.46. The van der Waals surface area contributed by atoms with Crippen molar-refractivity contribution >= 4 is 74.5 Å². The maximum Gasteiger partial charge on any atom is 0.353 e. The number of fused-ring (bicyclic) bond motifs is 2. The molecule has 11 nitrogen and oxygen atoms in total. The molecule has 2 saturated heterocycles. The van der Waals surface area contributed by atoms with Gasteiger partial charge in [-0.1, -0.05) is 30.9 Å². The Kier molecular flexibility index (Phi) is 8.84. The summed E-state index contributed by atoms with van der Waals surface area (Å²) >= 11 is 8.22.